The van der Waals surface area contributed by atoms with Crippen molar-refractivity contribution in [1.82, 2.24) is 0 Å². The molecule has 0 unspecified atom stereocenters. The lowest BCUT2D eigenvalue weighted by atomic mass is 10.0. The van der Waals surface area contributed by atoms with E-state index in [9.17, 15) is 5.11 Å². The SMILES string of the molecule is [N-]=[N+]=NC[C@H]1O[C@H](OCc2ccccc2)[C@@H]2[NH2+][C@@H]2[C@H]1O. The molecule has 1 aromatic rings. The topological polar surface area (TPSA) is 104 Å². The first-order valence-corrected chi connectivity index (χ1v) is 6.64. The minimum absolute atomic E-state index is 0.0865. The van der Waals surface area contributed by atoms with Crippen LogP contribution < -0.4 is 5.32 Å². The van der Waals surface area contributed by atoms with Crippen LogP contribution in [0.15, 0.2) is 35.4 Å². The van der Waals surface area contributed by atoms with Gasteiger partial charge in [-0.3, -0.25) is 0 Å². The van der Waals surface area contributed by atoms with Gasteiger partial charge < -0.3 is 19.9 Å². The van der Waals surface area contributed by atoms with Gasteiger partial charge in [-0.25, -0.2) is 0 Å². The molecule has 0 aromatic heterocycles. The van der Waals surface area contributed by atoms with Crippen LogP contribution in [-0.4, -0.2) is 42.2 Å². The number of hydrogen-bond acceptors (Lipinski definition) is 4. The second kappa shape index (κ2) is 5.78. The number of benzene rings is 1. The summed E-state index contributed by atoms with van der Waals surface area (Å²) < 4.78 is 11.5. The van der Waals surface area contributed by atoms with Gasteiger partial charge in [-0.2, -0.15) is 0 Å². The van der Waals surface area contributed by atoms with E-state index in [2.05, 4.69) is 10.0 Å². The quantitative estimate of drug-likeness (QED) is 0.340. The van der Waals surface area contributed by atoms with Crippen LogP contribution >= 0.6 is 0 Å². The van der Waals surface area contributed by atoms with Crippen LogP contribution in [0.1, 0.15) is 5.56 Å². The number of rotatable bonds is 5. The Hall–Kier alpha value is -1.63. The van der Waals surface area contributed by atoms with Gasteiger partial charge in [-0.05, 0) is 11.1 Å². The van der Waals surface area contributed by atoms with Crippen LogP contribution in [0.5, 0.6) is 0 Å². The van der Waals surface area contributed by atoms with Gasteiger partial charge in [0.25, 0.3) is 0 Å². The lowest BCUT2D eigenvalue weighted by Gasteiger charge is -2.28. The number of aliphatic hydroxyl groups is 1. The van der Waals surface area contributed by atoms with Gasteiger partial charge in [0.1, 0.15) is 6.10 Å². The molecule has 5 atom stereocenters. The van der Waals surface area contributed by atoms with Crippen molar-refractivity contribution in [2.45, 2.75) is 37.2 Å². The lowest BCUT2D eigenvalue weighted by molar-refractivity contribution is -0.528. The van der Waals surface area contributed by atoms with Crippen molar-refractivity contribution in [1.29, 1.82) is 0 Å². The molecule has 0 radical (unpaired) electrons. The summed E-state index contributed by atoms with van der Waals surface area (Å²) in [6, 6.07) is 10.1. The average Bonchev–Trinajstić information content (AvgIpc) is 3.28. The average molecular weight is 277 g/mol. The number of ether oxygens (including phenoxy) is 2. The molecule has 0 aliphatic carbocycles. The summed E-state index contributed by atoms with van der Waals surface area (Å²) in [5.41, 5.74) is 9.43. The number of azide groups is 1. The van der Waals surface area contributed by atoms with Crippen LogP contribution in [0.25, 0.3) is 10.4 Å². The van der Waals surface area contributed by atoms with Gasteiger partial charge in [0, 0.05) is 4.91 Å². The number of nitrogens with zero attached hydrogens (tertiary/aromatic N) is 3. The Kier molecular flexibility index (Phi) is 3.86. The van der Waals surface area contributed by atoms with Crippen LogP contribution in [0.3, 0.4) is 0 Å². The molecule has 1 aromatic carbocycles. The highest BCUT2D eigenvalue weighted by Gasteiger charge is 2.61. The number of fused-ring (bicyclic) bond motifs is 1. The summed E-state index contributed by atoms with van der Waals surface area (Å²) in [7, 11) is 0. The molecule has 3 rings (SSSR count). The lowest BCUT2D eigenvalue weighted by Crippen LogP contribution is -2.65. The van der Waals surface area contributed by atoms with Gasteiger partial charge >= 0.3 is 0 Å². The first-order chi connectivity index (χ1) is 9.79. The zero-order valence-corrected chi connectivity index (χ0v) is 10.9. The molecule has 2 aliphatic rings. The van der Waals surface area contributed by atoms with Crippen molar-refractivity contribution in [2.75, 3.05) is 6.54 Å². The van der Waals surface area contributed by atoms with Crippen molar-refractivity contribution in [2.24, 2.45) is 5.11 Å². The number of hydrogen-bond donors (Lipinski definition) is 2. The minimum Gasteiger partial charge on any atom is -0.384 e. The third-order valence-electron chi connectivity index (χ3n) is 3.73. The second-order valence-corrected chi connectivity index (χ2v) is 5.09. The smallest absolute Gasteiger partial charge is 0.217 e. The fraction of sp³-hybridized carbons (Fsp3) is 0.538. The number of nitrogens with two attached hydrogens (primary N) is 1. The Bertz CT molecular complexity index is 506. The summed E-state index contributed by atoms with van der Waals surface area (Å²) in [6.45, 7) is 0.590. The molecule has 7 nitrogen and oxygen atoms in total. The highest BCUT2D eigenvalue weighted by molar-refractivity contribution is 5.13. The van der Waals surface area contributed by atoms with E-state index in [1.807, 2.05) is 35.6 Å². The molecule has 2 saturated heterocycles. The maximum absolute atomic E-state index is 10.0. The van der Waals surface area contributed by atoms with E-state index in [-0.39, 0.29) is 24.9 Å². The van der Waals surface area contributed by atoms with Crippen LogP contribution in [-0.2, 0) is 16.1 Å². The van der Waals surface area contributed by atoms with E-state index >= 15 is 0 Å². The number of quaternary nitrogens is 1. The fourth-order valence-electron chi connectivity index (χ4n) is 2.57. The second-order valence-electron chi connectivity index (χ2n) is 5.09. The zero-order chi connectivity index (χ0) is 13.9. The predicted octanol–water partition coefficient (Wildman–Crippen LogP) is -0.0865. The molecule has 20 heavy (non-hydrogen) atoms. The normalized spacial score (nSPS) is 35.0. The largest absolute Gasteiger partial charge is 0.384 e. The molecule has 2 aliphatic heterocycles. The van der Waals surface area contributed by atoms with E-state index < -0.39 is 12.2 Å². The summed E-state index contributed by atoms with van der Waals surface area (Å²) in [5.74, 6) is 0. The molecule has 3 N–H and O–H groups in total. The van der Waals surface area contributed by atoms with E-state index in [4.69, 9.17) is 15.0 Å². The molecule has 106 valence electrons. The van der Waals surface area contributed by atoms with Crippen molar-refractivity contribution in [3.63, 3.8) is 0 Å². The van der Waals surface area contributed by atoms with Gasteiger partial charge in [0.05, 0.1) is 19.3 Å². The summed E-state index contributed by atoms with van der Waals surface area (Å²) >= 11 is 0. The molecule has 2 fully saturated rings. The first kappa shape index (κ1) is 13.4. The first-order valence-electron chi connectivity index (χ1n) is 6.64. The van der Waals surface area contributed by atoms with Gasteiger partial charge in [0.2, 0.25) is 6.29 Å². The summed E-state index contributed by atoms with van der Waals surface area (Å²) in [6.07, 6.45) is -1.48. The maximum Gasteiger partial charge on any atom is 0.217 e. The maximum atomic E-state index is 10.0. The standard InChI is InChI=1S/C13H16N4O3/c14-17-15-6-9-12(18)10-11(16-10)13(20-9)19-7-8-4-2-1-3-5-8/h1-5,9-13,16,18H,6-7H2/p+1/t9-,10+,11-,12+,13+/m1/s1. The molecular formula is C13H17N4O3+. The highest BCUT2D eigenvalue weighted by atomic mass is 16.7. The molecule has 0 spiro atoms. The van der Waals surface area contributed by atoms with Crippen LogP contribution in [0.2, 0.25) is 0 Å². The highest BCUT2D eigenvalue weighted by Crippen LogP contribution is 2.25. The Labute approximate surface area is 116 Å². The Morgan fingerprint density at radius 1 is 1.35 bits per heavy atom. The molecule has 0 saturated carbocycles. The number of aliphatic hydroxyl groups excluding tert-OH is 1. The fourth-order valence-corrected chi connectivity index (χ4v) is 2.57. The molecule has 0 amide bonds. The summed E-state index contributed by atoms with van der Waals surface area (Å²) in [5, 5.41) is 15.5. The van der Waals surface area contributed by atoms with Crippen molar-refractivity contribution >= 4 is 0 Å². The van der Waals surface area contributed by atoms with Crippen molar-refractivity contribution in [3.8, 4) is 0 Å². The van der Waals surface area contributed by atoms with E-state index in [0.717, 1.165) is 5.56 Å². The molecule has 2 heterocycles. The molecule has 7 heteroatoms. The van der Waals surface area contributed by atoms with Crippen molar-refractivity contribution in [3.05, 3.63) is 46.3 Å². The van der Waals surface area contributed by atoms with Gasteiger partial charge in [-0.15, -0.1) is 0 Å². The van der Waals surface area contributed by atoms with Gasteiger partial charge in [0.15, 0.2) is 12.1 Å². The predicted molar refractivity (Wildman–Crippen MR) is 69.4 cm³/mol. The molecule has 0 bridgehead atoms. The van der Waals surface area contributed by atoms with Crippen molar-refractivity contribution < 1.29 is 19.9 Å². The van der Waals surface area contributed by atoms with E-state index in [0.29, 0.717) is 6.61 Å². The van der Waals surface area contributed by atoms with Gasteiger partial charge in [-0.1, -0.05) is 35.4 Å². The Balaban J connectivity index is 1.58. The van der Waals surface area contributed by atoms with Crippen LogP contribution in [0, 0.1) is 0 Å². The van der Waals surface area contributed by atoms with E-state index in [1.54, 1.807) is 0 Å². The monoisotopic (exact) mass is 277 g/mol. The summed E-state index contributed by atoms with van der Waals surface area (Å²) in [4.78, 5) is 2.70. The van der Waals surface area contributed by atoms with Crippen LogP contribution in [0.4, 0.5) is 0 Å². The molecular weight excluding hydrogens is 260 g/mol. The minimum atomic E-state index is -0.609. The third-order valence-corrected chi connectivity index (χ3v) is 3.73. The third kappa shape index (κ3) is 2.77. The zero-order valence-electron chi connectivity index (χ0n) is 10.9. The Morgan fingerprint density at radius 3 is 2.90 bits per heavy atom. The Morgan fingerprint density at radius 2 is 2.15 bits per heavy atom. The van der Waals surface area contributed by atoms with E-state index in [1.165, 1.54) is 0 Å².